The molecule has 1 heterocycles. The molecule has 0 aliphatic carbocycles. The molecule has 0 bridgehead atoms. The number of nitrogens with one attached hydrogen (secondary N) is 1. The highest BCUT2D eigenvalue weighted by Gasteiger charge is 2.10. The minimum Gasteiger partial charge on any atom is -0.311 e. The van der Waals surface area contributed by atoms with Crippen LogP contribution in [0.1, 0.15) is 24.6 Å². The zero-order chi connectivity index (χ0) is 15.2. The second-order valence-corrected chi connectivity index (χ2v) is 4.66. The van der Waals surface area contributed by atoms with Crippen LogP contribution in [0, 0.1) is 15.9 Å². The number of non-ortho nitro benzene ring substituents is 1. The molecule has 0 aliphatic rings. The van der Waals surface area contributed by atoms with Crippen molar-refractivity contribution in [3.63, 3.8) is 0 Å². The molecular formula is C13H16FN5O2. The molecule has 2 rings (SSSR count). The number of hydrogen-bond donors (Lipinski definition) is 1. The van der Waals surface area contributed by atoms with Crippen LogP contribution in [-0.4, -0.2) is 26.5 Å². The fraction of sp³-hybridized carbons (Fsp3) is 0.385. The van der Waals surface area contributed by atoms with Crippen LogP contribution >= 0.6 is 0 Å². The van der Waals surface area contributed by atoms with Gasteiger partial charge in [-0.1, -0.05) is 12.1 Å². The van der Waals surface area contributed by atoms with Crippen molar-refractivity contribution in [3.05, 3.63) is 51.6 Å². The Morgan fingerprint density at radius 3 is 2.95 bits per heavy atom. The second kappa shape index (κ2) is 6.89. The maximum Gasteiger partial charge on any atom is 0.272 e. The molecule has 0 unspecified atom stereocenters. The summed E-state index contributed by atoms with van der Waals surface area (Å²) in [6.07, 6.45) is 2.76. The van der Waals surface area contributed by atoms with Crippen molar-refractivity contribution in [2.75, 3.05) is 6.54 Å². The van der Waals surface area contributed by atoms with Crippen LogP contribution < -0.4 is 5.32 Å². The number of nitrogens with zero attached hydrogens (tertiary/aromatic N) is 4. The van der Waals surface area contributed by atoms with Crippen molar-refractivity contribution >= 4 is 5.69 Å². The Hall–Kier alpha value is -2.35. The van der Waals surface area contributed by atoms with Crippen LogP contribution in [0.15, 0.2) is 24.4 Å². The second-order valence-electron chi connectivity index (χ2n) is 4.66. The van der Waals surface area contributed by atoms with Gasteiger partial charge in [0.2, 0.25) is 0 Å². The molecule has 1 aromatic heterocycles. The van der Waals surface area contributed by atoms with E-state index < -0.39 is 10.7 Å². The maximum absolute atomic E-state index is 13.3. The Morgan fingerprint density at radius 2 is 2.24 bits per heavy atom. The van der Waals surface area contributed by atoms with E-state index in [0.717, 1.165) is 24.7 Å². The molecule has 7 nitrogen and oxygen atoms in total. The van der Waals surface area contributed by atoms with Crippen LogP contribution in [-0.2, 0) is 13.1 Å². The lowest BCUT2D eigenvalue weighted by Gasteiger charge is -2.02. The van der Waals surface area contributed by atoms with Gasteiger partial charge >= 0.3 is 0 Å². The van der Waals surface area contributed by atoms with Gasteiger partial charge in [0.1, 0.15) is 5.82 Å². The van der Waals surface area contributed by atoms with Crippen LogP contribution in [0.4, 0.5) is 10.1 Å². The molecule has 0 atom stereocenters. The number of halogens is 1. The lowest BCUT2D eigenvalue weighted by molar-refractivity contribution is -0.385. The third-order valence-corrected chi connectivity index (χ3v) is 2.82. The van der Waals surface area contributed by atoms with E-state index >= 15 is 0 Å². The first-order valence-corrected chi connectivity index (χ1v) is 6.62. The highest BCUT2D eigenvalue weighted by atomic mass is 19.1. The Kier molecular flexibility index (Phi) is 4.94. The van der Waals surface area contributed by atoms with Gasteiger partial charge < -0.3 is 5.32 Å². The molecule has 112 valence electrons. The minimum atomic E-state index is -0.635. The van der Waals surface area contributed by atoms with Gasteiger partial charge in [-0.3, -0.25) is 10.1 Å². The predicted octanol–water partition coefficient (Wildman–Crippen LogP) is 1.87. The van der Waals surface area contributed by atoms with Gasteiger partial charge in [0, 0.05) is 12.6 Å². The summed E-state index contributed by atoms with van der Waals surface area (Å²) in [5.41, 5.74) is 0.976. The largest absolute Gasteiger partial charge is 0.311 e. The summed E-state index contributed by atoms with van der Waals surface area (Å²) in [4.78, 5) is 10.1. The quantitative estimate of drug-likeness (QED) is 0.478. The predicted molar refractivity (Wildman–Crippen MR) is 74.2 cm³/mol. The first-order valence-electron chi connectivity index (χ1n) is 6.62. The summed E-state index contributed by atoms with van der Waals surface area (Å²) in [7, 11) is 0. The average Bonchev–Trinajstić information content (AvgIpc) is 2.86. The molecule has 1 aromatic carbocycles. The van der Waals surface area contributed by atoms with Crippen molar-refractivity contribution in [1.29, 1.82) is 0 Å². The molecule has 0 radical (unpaired) electrons. The molecule has 8 heteroatoms. The van der Waals surface area contributed by atoms with E-state index in [1.165, 1.54) is 16.8 Å². The molecule has 0 aliphatic heterocycles. The highest BCUT2D eigenvalue weighted by molar-refractivity contribution is 5.35. The van der Waals surface area contributed by atoms with Crippen LogP contribution in [0.5, 0.6) is 0 Å². The normalized spacial score (nSPS) is 10.8. The van der Waals surface area contributed by atoms with Gasteiger partial charge in [-0.15, -0.1) is 5.10 Å². The van der Waals surface area contributed by atoms with Crippen LogP contribution in [0.25, 0.3) is 0 Å². The summed E-state index contributed by atoms with van der Waals surface area (Å²) >= 11 is 0. The molecule has 0 spiro atoms. The van der Waals surface area contributed by atoms with Gasteiger partial charge in [0.05, 0.1) is 29.4 Å². The number of benzene rings is 1. The Labute approximate surface area is 120 Å². The molecule has 0 saturated carbocycles. The van der Waals surface area contributed by atoms with Gasteiger partial charge in [0.25, 0.3) is 5.69 Å². The summed E-state index contributed by atoms with van der Waals surface area (Å²) in [5, 5.41) is 21.8. The van der Waals surface area contributed by atoms with Crippen molar-refractivity contribution in [3.8, 4) is 0 Å². The van der Waals surface area contributed by atoms with E-state index in [9.17, 15) is 14.5 Å². The Bertz CT molecular complexity index is 629. The maximum atomic E-state index is 13.3. The Morgan fingerprint density at radius 1 is 1.43 bits per heavy atom. The van der Waals surface area contributed by atoms with E-state index in [4.69, 9.17) is 0 Å². The Balaban J connectivity index is 2.06. The first kappa shape index (κ1) is 15.0. The van der Waals surface area contributed by atoms with E-state index in [1.807, 2.05) is 0 Å². The summed E-state index contributed by atoms with van der Waals surface area (Å²) in [6, 6.07) is 3.48. The van der Waals surface area contributed by atoms with Crippen molar-refractivity contribution in [2.24, 2.45) is 0 Å². The fourth-order valence-electron chi connectivity index (χ4n) is 1.91. The third-order valence-electron chi connectivity index (χ3n) is 2.82. The topological polar surface area (TPSA) is 85.9 Å². The molecular weight excluding hydrogens is 277 g/mol. The standard InChI is InChI=1S/C13H16FN5O2/c1-2-3-15-7-12-9-18(17-16-12)8-10-4-11(14)6-13(5-10)19(20)21/h4-6,9,15H,2-3,7-8H2,1H3. The average molecular weight is 293 g/mol. The summed E-state index contributed by atoms with van der Waals surface area (Å²) < 4.78 is 14.9. The third kappa shape index (κ3) is 4.32. The zero-order valence-corrected chi connectivity index (χ0v) is 11.6. The van der Waals surface area contributed by atoms with Gasteiger partial charge in [-0.05, 0) is 24.6 Å². The highest BCUT2D eigenvalue weighted by Crippen LogP contribution is 2.17. The molecule has 21 heavy (non-hydrogen) atoms. The molecule has 1 N–H and O–H groups in total. The van der Waals surface area contributed by atoms with Crippen LogP contribution in [0.2, 0.25) is 0 Å². The molecule has 0 saturated heterocycles. The lowest BCUT2D eigenvalue weighted by Crippen LogP contribution is -2.13. The molecule has 2 aromatic rings. The van der Waals surface area contributed by atoms with E-state index in [0.29, 0.717) is 12.1 Å². The van der Waals surface area contributed by atoms with Crippen molar-refractivity contribution < 1.29 is 9.31 Å². The van der Waals surface area contributed by atoms with Gasteiger partial charge in [-0.2, -0.15) is 0 Å². The first-order chi connectivity index (χ1) is 10.1. The van der Waals surface area contributed by atoms with E-state index in [2.05, 4.69) is 22.6 Å². The summed E-state index contributed by atoms with van der Waals surface area (Å²) in [6.45, 7) is 3.81. The molecule has 0 amide bonds. The number of hydrogen-bond acceptors (Lipinski definition) is 5. The van der Waals surface area contributed by atoms with Gasteiger partial charge in [-0.25, -0.2) is 9.07 Å². The molecule has 0 fully saturated rings. The minimum absolute atomic E-state index is 0.235. The fourth-order valence-corrected chi connectivity index (χ4v) is 1.91. The number of aromatic nitrogens is 3. The monoisotopic (exact) mass is 293 g/mol. The smallest absolute Gasteiger partial charge is 0.272 e. The lowest BCUT2D eigenvalue weighted by atomic mass is 10.2. The van der Waals surface area contributed by atoms with E-state index in [-0.39, 0.29) is 12.2 Å². The van der Waals surface area contributed by atoms with Crippen molar-refractivity contribution in [2.45, 2.75) is 26.4 Å². The van der Waals surface area contributed by atoms with Crippen LogP contribution in [0.3, 0.4) is 0 Å². The van der Waals surface area contributed by atoms with Crippen molar-refractivity contribution in [1.82, 2.24) is 20.3 Å². The van der Waals surface area contributed by atoms with E-state index in [1.54, 1.807) is 6.20 Å². The summed E-state index contributed by atoms with van der Waals surface area (Å²) in [5.74, 6) is -0.635. The SMILES string of the molecule is CCCNCc1cn(Cc2cc(F)cc([N+](=O)[O-])c2)nn1. The van der Waals surface area contributed by atoms with Gasteiger partial charge in [0.15, 0.2) is 0 Å². The number of nitro benzene ring substituents is 1. The number of nitro groups is 1. The number of rotatable bonds is 7. The zero-order valence-electron chi connectivity index (χ0n) is 11.6.